The molecule has 3 heterocycles. The van der Waals surface area contributed by atoms with Gasteiger partial charge in [0.15, 0.2) is 0 Å². The highest BCUT2D eigenvalue weighted by atomic mass is 32.2. The number of carbonyl (C=O) groups is 1. The molecule has 2 aromatic heterocycles. The fourth-order valence-corrected chi connectivity index (χ4v) is 5.73. The lowest BCUT2D eigenvalue weighted by atomic mass is 9.98. The molecule has 0 unspecified atom stereocenters. The number of carbonyl (C=O) groups excluding carboxylic acids is 1. The first-order valence-electron chi connectivity index (χ1n) is 10.6. The van der Waals surface area contributed by atoms with Crippen LogP contribution in [-0.2, 0) is 0 Å². The third-order valence-electron chi connectivity index (χ3n) is 6.07. The molecule has 1 aliphatic carbocycles. The first-order valence-corrected chi connectivity index (χ1v) is 11.4. The van der Waals surface area contributed by atoms with Crippen molar-refractivity contribution in [3.05, 3.63) is 65.7 Å². The first-order chi connectivity index (χ1) is 14.7. The Balaban J connectivity index is 1.34. The van der Waals surface area contributed by atoms with Crippen LogP contribution in [0.25, 0.3) is 16.5 Å². The lowest BCUT2D eigenvalue weighted by molar-refractivity contribution is 0.0768. The Kier molecular flexibility index (Phi) is 5.34. The number of thioether (sulfide) groups is 1. The van der Waals surface area contributed by atoms with Gasteiger partial charge >= 0.3 is 0 Å². The lowest BCUT2D eigenvalue weighted by Crippen LogP contribution is -2.35. The molecule has 1 aromatic carbocycles. The van der Waals surface area contributed by atoms with E-state index in [2.05, 4.69) is 16.0 Å². The summed E-state index contributed by atoms with van der Waals surface area (Å²) >= 11 is 1.76. The van der Waals surface area contributed by atoms with Gasteiger partial charge in [-0.15, -0.1) is 11.8 Å². The van der Waals surface area contributed by atoms with Gasteiger partial charge < -0.3 is 9.88 Å². The molecular formula is C24H24FN3OS. The minimum Gasteiger partial charge on any atom is -0.360 e. The number of benzene rings is 1. The van der Waals surface area contributed by atoms with E-state index in [1.54, 1.807) is 18.0 Å². The highest BCUT2D eigenvalue weighted by molar-refractivity contribution is 7.99. The Morgan fingerprint density at radius 2 is 2.10 bits per heavy atom. The van der Waals surface area contributed by atoms with Crippen molar-refractivity contribution in [1.29, 1.82) is 0 Å². The van der Waals surface area contributed by atoms with Crippen LogP contribution in [0.3, 0.4) is 0 Å². The van der Waals surface area contributed by atoms with E-state index in [0.717, 1.165) is 27.9 Å². The normalized spacial score (nSPS) is 17.5. The molecule has 154 valence electrons. The molecule has 2 aliphatic rings. The van der Waals surface area contributed by atoms with Crippen LogP contribution in [0.4, 0.5) is 4.39 Å². The number of nitrogens with one attached hydrogen (secondary N) is 1. The Morgan fingerprint density at radius 3 is 2.90 bits per heavy atom. The second-order valence-corrected chi connectivity index (χ2v) is 9.29. The van der Waals surface area contributed by atoms with Crippen LogP contribution in [0.5, 0.6) is 0 Å². The minimum absolute atomic E-state index is 0.0555. The largest absolute Gasteiger partial charge is 0.360 e. The Labute approximate surface area is 179 Å². The van der Waals surface area contributed by atoms with Crippen LogP contribution in [-0.4, -0.2) is 39.1 Å². The van der Waals surface area contributed by atoms with E-state index < -0.39 is 0 Å². The van der Waals surface area contributed by atoms with E-state index in [1.165, 1.54) is 43.4 Å². The van der Waals surface area contributed by atoms with E-state index in [4.69, 9.17) is 0 Å². The van der Waals surface area contributed by atoms with Crippen LogP contribution in [0.2, 0.25) is 0 Å². The second kappa shape index (κ2) is 8.26. The van der Waals surface area contributed by atoms with Crippen LogP contribution in [0.1, 0.15) is 48.0 Å². The van der Waals surface area contributed by atoms with Gasteiger partial charge in [-0.25, -0.2) is 9.37 Å². The maximum absolute atomic E-state index is 13.5. The molecule has 5 rings (SSSR count). The number of pyridine rings is 1. The van der Waals surface area contributed by atoms with E-state index in [-0.39, 0.29) is 11.7 Å². The summed E-state index contributed by atoms with van der Waals surface area (Å²) < 4.78 is 13.5. The van der Waals surface area contributed by atoms with Crippen molar-refractivity contribution >= 4 is 34.1 Å². The van der Waals surface area contributed by atoms with Crippen LogP contribution in [0, 0.1) is 5.82 Å². The van der Waals surface area contributed by atoms with E-state index in [0.29, 0.717) is 23.9 Å². The summed E-state index contributed by atoms with van der Waals surface area (Å²) in [5.74, 6) is -0.187. The van der Waals surface area contributed by atoms with Crippen molar-refractivity contribution in [2.75, 3.05) is 13.1 Å². The number of aromatic amines is 1. The standard InChI is InChI=1S/C24H24FN3OS/c25-17-7-8-19-21(15-27-22(19)14-17)16-9-12-28(13-10-16)24(29)20-6-3-11-26-23(20)30-18-4-1-2-5-18/h3,6-9,11,14-15,18,27H,1-2,4-5,10,12-13H2. The third kappa shape index (κ3) is 3.76. The van der Waals surface area contributed by atoms with Gasteiger partial charge in [0.25, 0.3) is 5.91 Å². The van der Waals surface area contributed by atoms with Crippen molar-refractivity contribution in [2.24, 2.45) is 0 Å². The number of fused-ring (bicyclic) bond motifs is 1. The summed E-state index contributed by atoms with van der Waals surface area (Å²) in [6, 6.07) is 8.58. The van der Waals surface area contributed by atoms with Crippen molar-refractivity contribution in [1.82, 2.24) is 14.9 Å². The predicted molar refractivity (Wildman–Crippen MR) is 119 cm³/mol. The molecule has 0 atom stereocenters. The zero-order valence-corrected chi connectivity index (χ0v) is 17.6. The molecule has 1 fully saturated rings. The number of halogens is 1. The van der Waals surface area contributed by atoms with Gasteiger partial charge in [0.1, 0.15) is 10.8 Å². The quantitative estimate of drug-likeness (QED) is 0.591. The molecule has 0 saturated heterocycles. The summed E-state index contributed by atoms with van der Waals surface area (Å²) in [7, 11) is 0. The second-order valence-electron chi connectivity index (χ2n) is 8.00. The molecule has 0 radical (unpaired) electrons. The molecule has 3 aromatic rings. The van der Waals surface area contributed by atoms with E-state index >= 15 is 0 Å². The average Bonchev–Trinajstić information content (AvgIpc) is 3.43. The number of aromatic nitrogens is 2. The number of H-pyrrole nitrogens is 1. The molecule has 1 aliphatic heterocycles. The summed E-state index contributed by atoms with van der Waals surface area (Å²) in [5, 5.41) is 2.46. The number of amides is 1. The summed E-state index contributed by atoms with van der Waals surface area (Å²) in [6.45, 7) is 1.24. The van der Waals surface area contributed by atoms with Crippen molar-refractivity contribution in [3.8, 4) is 0 Å². The Morgan fingerprint density at radius 1 is 1.23 bits per heavy atom. The van der Waals surface area contributed by atoms with Gasteiger partial charge in [0.05, 0.1) is 5.56 Å². The van der Waals surface area contributed by atoms with Gasteiger partial charge in [-0.05, 0) is 55.2 Å². The Hall–Kier alpha value is -2.60. The number of hydrogen-bond acceptors (Lipinski definition) is 3. The topological polar surface area (TPSA) is 49.0 Å². The van der Waals surface area contributed by atoms with Crippen LogP contribution in [0.15, 0.2) is 53.8 Å². The fraction of sp³-hybridized carbons (Fsp3) is 0.333. The van der Waals surface area contributed by atoms with E-state index in [9.17, 15) is 9.18 Å². The Bertz CT molecular complexity index is 1120. The fourth-order valence-electron chi connectivity index (χ4n) is 4.44. The molecular weight excluding hydrogens is 397 g/mol. The minimum atomic E-state index is -0.243. The maximum atomic E-state index is 13.5. The van der Waals surface area contributed by atoms with Gasteiger partial charge in [-0.1, -0.05) is 18.9 Å². The van der Waals surface area contributed by atoms with Crippen LogP contribution < -0.4 is 0 Å². The molecule has 1 amide bonds. The number of hydrogen-bond donors (Lipinski definition) is 1. The monoisotopic (exact) mass is 421 g/mol. The zero-order chi connectivity index (χ0) is 20.5. The first kappa shape index (κ1) is 19.4. The molecule has 0 spiro atoms. The smallest absolute Gasteiger partial charge is 0.256 e. The summed E-state index contributed by atoms with van der Waals surface area (Å²) in [4.78, 5) is 22.8. The van der Waals surface area contributed by atoms with Crippen LogP contribution >= 0.6 is 11.8 Å². The average molecular weight is 422 g/mol. The lowest BCUT2D eigenvalue weighted by Gasteiger charge is -2.27. The van der Waals surface area contributed by atoms with Gasteiger partial charge in [0, 0.05) is 47.2 Å². The number of nitrogens with zero attached hydrogens (tertiary/aromatic N) is 2. The molecule has 1 N–H and O–H groups in total. The van der Waals surface area contributed by atoms with E-state index in [1.807, 2.05) is 29.3 Å². The molecule has 1 saturated carbocycles. The highest BCUT2D eigenvalue weighted by Crippen LogP contribution is 2.36. The van der Waals surface area contributed by atoms with Gasteiger partial charge in [0.2, 0.25) is 0 Å². The van der Waals surface area contributed by atoms with Gasteiger partial charge in [-0.3, -0.25) is 4.79 Å². The molecule has 30 heavy (non-hydrogen) atoms. The summed E-state index contributed by atoms with van der Waals surface area (Å²) in [6.07, 6.45) is 11.6. The number of rotatable bonds is 4. The molecule has 0 bridgehead atoms. The van der Waals surface area contributed by atoms with Crippen molar-refractivity contribution < 1.29 is 9.18 Å². The van der Waals surface area contributed by atoms with Gasteiger partial charge in [-0.2, -0.15) is 0 Å². The summed E-state index contributed by atoms with van der Waals surface area (Å²) in [5.41, 5.74) is 3.81. The zero-order valence-electron chi connectivity index (χ0n) is 16.7. The van der Waals surface area contributed by atoms with Crippen molar-refractivity contribution in [3.63, 3.8) is 0 Å². The maximum Gasteiger partial charge on any atom is 0.256 e. The predicted octanol–water partition coefficient (Wildman–Crippen LogP) is 5.67. The third-order valence-corrected chi connectivity index (χ3v) is 7.42. The highest BCUT2D eigenvalue weighted by Gasteiger charge is 2.25. The van der Waals surface area contributed by atoms with Crippen molar-refractivity contribution in [2.45, 2.75) is 42.4 Å². The SMILES string of the molecule is O=C(c1cccnc1SC1CCCC1)N1CC=C(c2c[nH]c3cc(F)ccc23)CC1. The molecule has 6 heteroatoms. The molecule has 4 nitrogen and oxygen atoms in total.